The SMILES string of the molecule is O=C(CNC(=O)c1ccc(Cl)cc1Cl)Nc1nccs1. The summed E-state index contributed by atoms with van der Waals surface area (Å²) in [5.74, 6) is -0.806. The third kappa shape index (κ3) is 3.93. The van der Waals surface area contributed by atoms with Crippen LogP contribution >= 0.6 is 34.5 Å². The van der Waals surface area contributed by atoms with Crippen LogP contribution in [-0.2, 0) is 4.79 Å². The van der Waals surface area contributed by atoms with Gasteiger partial charge in [0, 0.05) is 16.6 Å². The van der Waals surface area contributed by atoms with Gasteiger partial charge < -0.3 is 10.6 Å². The third-order valence-electron chi connectivity index (χ3n) is 2.26. The fourth-order valence-electron chi connectivity index (χ4n) is 1.38. The number of thiazole rings is 1. The first-order chi connectivity index (χ1) is 9.56. The van der Waals surface area contributed by atoms with E-state index in [1.807, 2.05) is 0 Å². The second-order valence-electron chi connectivity index (χ2n) is 3.69. The maximum Gasteiger partial charge on any atom is 0.253 e. The second-order valence-corrected chi connectivity index (χ2v) is 5.43. The number of hydrogen-bond acceptors (Lipinski definition) is 4. The first-order valence-corrected chi connectivity index (χ1v) is 7.12. The van der Waals surface area contributed by atoms with Crippen LogP contribution in [0.1, 0.15) is 10.4 Å². The molecular formula is C12H9Cl2N3O2S. The van der Waals surface area contributed by atoms with Crippen molar-refractivity contribution in [2.45, 2.75) is 0 Å². The summed E-state index contributed by atoms with van der Waals surface area (Å²) in [5, 5.41) is 7.91. The Balaban J connectivity index is 1.90. The zero-order valence-electron chi connectivity index (χ0n) is 10.0. The normalized spacial score (nSPS) is 10.1. The molecule has 0 atom stereocenters. The summed E-state index contributed by atoms with van der Waals surface area (Å²) < 4.78 is 0. The molecule has 2 amide bonds. The highest BCUT2D eigenvalue weighted by molar-refractivity contribution is 7.13. The first-order valence-electron chi connectivity index (χ1n) is 5.49. The maximum atomic E-state index is 11.9. The lowest BCUT2D eigenvalue weighted by Crippen LogP contribution is -2.32. The van der Waals surface area contributed by atoms with Gasteiger partial charge in [0.1, 0.15) is 0 Å². The number of carbonyl (C=O) groups is 2. The van der Waals surface area contributed by atoms with Crippen molar-refractivity contribution in [1.82, 2.24) is 10.3 Å². The van der Waals surface area contributed by atoms with Crippen molar-refractivity contribution >= 4 is 51.5 Å². The minimum absolute atomic E-state index is 0.169. The second kappa shape index (κ2) is 6.69. The molecule has 1 aromatic heterocycles. The van der Waals surface area contributed by atoms with Crippen molar-refractivity contribution < 1.29 is 9.59 Å². The van der Waals surface area contributed by atoms with Crippen molar-refractivity contribution in [2.24, 2.45) is 0 Å². The Hall–Kier alpha value is -1.63. The zero-order chi connectivity index (χ0) is 14.5. The van der Waals surface area contributed by atoms with Crippen LogP contribution in [-0.4, -0.2) is 23.3 Å². The fourth-order valence-corrected chi connectivity index (χ4v) is 2.42. The first kappa shape index (κ1) is 14.8. The number of hydrogen-bond donors (Lipinski definition) is 2. The molecule has 20 heavy (non-hydrogen) atoms. The summed E-state index contributed by atoms with van der Waals surface area (Å²) in [7, 11) is 0. The van der Waals surface area contributed by atoms with Gasteiger partial charge in [0.05, 0.1) is 17.1 Å². The predicted octanol–water partition coefficient (Wildman–Crippen LogP) is 2.82. The summed E-state index contributed by atoms with van der Waals surface area (Å²) in [6.45, 7) is -0.169. The van der Waals surface area contributed by atoms with E-state index < -0.39 is 5.91 Å². The molecule has 0 unspecified atom stereocenters. The van der Waals surface area contributed by atoms with E-state index in [0.29, 0.717) is 10.2 Å². The van der Waals surface area contributed by atoms with Crippen molar-refractivity contribution in [3.05, 3.63) is 45.4 Å². The largest absolute Gasteiger partial charge is 0.343 e. The average molecular weight is 330 g/mol. The lowest BCUT2D eigenvalue weighted by molar-refractivity contribution is -0.115. The number of halogens is 2. The van der Waals surface area contributed by atoms with Crippen molar-refractivity contribution in [1.29, 1.82) is 0 Å². The minimum atomic E-state index is -0.444. The highest BCUT2D eigenvalue weighted by atomic mass is 35.5. The van der Waals surface area contributed by atoms with Crippen molar-refractivity contribution in [3.63, 3.8) is 0 Å². The van der Waals surface area contributed by atoms with Gasteiger partial charge in [-0.05, 0) is 18.2 Å². The Morgan fingerprint density at radius 1 is 1.30 bits per heavy atom. The number of nitrogens with zero attached hydrogens (tertiary/aromatic N) is 1. The number of carbonyl (C=O) groups excluding carboxylic acids is 2. The molecule has 0 aliphatic heterocycles. The number of anilines is 1. The summed E-state index contributed by atoms with van der Waals surface area (Å²) in [4.78, 5) is 27.3. The predicted molar refractivity (Wildman–Crippen MR) is 79.5 cm³/mol. The Kier molecular flexibility index (Phi) is 4.94. The third-order valence-corrected chi connectivity index (χ3v) is 3.50. The average Bonchev–Trinajstić information content (AvgIpc) is 2.89. The molecule has 8 heteroatoms. The van der Waals surface area contributed by atoms with Crippen LogP contribution in [0.15, 0.2) is 29.8 Å². The summed E-state index contributed by atoms with van der Waals surface area (Å²) >= 11 is 12.9. The molecular weight excluding hydrogens is 321 g/mol. The van der Waals surface area contributed by atoms with Gasteiger partial charge in [0.25, 0.3) is 5.91 Å². The lowest BCUT2D eigenvalue weighted by Gasteiger charge is -2.06. The molecule has 1 aromatic carbocycles. The van der Waals surface area contributed by atoms with Gasteiger partial charge in [-0.1, -0.05) is 23.2 Å². The van der Waals surface area contributed by atoms with Crippen LogP contribution in [0.2, 0.25) is 10.0 Å². The Labute approximate surface area is 128 Å². The molecule has 0 spiro atoms. The fraction of sp³-hybridized carbons (Fsp3) is 0.0833. The van der Waals surface area contributed by atoms with E-state index in [0.717, 1.165) is 0 Å². The summed E-state index contributed by atoms with van der Waals surface area (Å²) in [6.07, 6.45) is 1.58. The smallest absolute Gasteiger partial charge is 0.253 e. The number of amides is 2. The number of benzene rings is 1. The monoisotopic (exact) mass is 329 g/mol. The zero-order valence-corrected chi connectivity index (χ0v) is 12.4. The van der Waals surface area contributed by atoms with Gasteiger partial charge in [0.15, 0.2) is 5.13 Å². The number of nitrogens with one attached hydrogen (secondary N) is 2. The minimum Gasteiger partial charge on any atom is -0.343 e. The molecule has 2 rings (SSSR count). The van der Waals surface area contributed by atoms with Crippen LogP contribution in [0.3, 0.4) is 0 Å². The van der Waals surface area contributed by atoms with Crippen molar-refractivity contribution in [2.75, 3.05) is 11.9 Å². The topological polar surface area (TPSA) is 71.1 Å². The lowest BCUT2D eigenvalue weighted by atomic mass is 10.2. The molecule has 0 saturated heterocycles. The van der Waals surface area contributed by atoms with Gasteiger partial charge >= 0.3 is 0 Å². The molecule has 0 radical (unpaired) electrons. The van der Waals surface area contributed by atoms with Crippen LogP contribution < -0.4 is 10.6 Å². The molecule has 5 nitrogen and oxygen atoms in total. The highest BCUT2D eigenvalue weighted by Crippen LogP contribution is 2.20. The molecule has 0 fully saturated rings. The van der Waals surface area contributed by atoms with Crippen LogP contribution in [0.4, 0.5) is 5.13 Å². The number of aromatic nitrogens is 1. The van der Waals surface area contributed by atoms with E-state index >= 15 is 0 Å². The highest BCUT2D eigenvalue weighted by Gasteiger charge is 2.12. The summed E-state index contributed by atoms with van der Waals surface area (Å²) in [6, 6.07) is 4.52. The molecule has 2 N–H and O–H groups in total. The molecule has 0 saturated carbocycles. The molecule has 0 bridgehead atoms. The maximum absolute atomic E-state index is 11.9. The van der Waals surface area contributed by atoms with Crippen LogP contribution in [0, 0.1) is 0 Å². The molecule has 0 aliphatic rings. The van der Waals surface area contributed by atoms with Gasteiger partial charge in [0.2, 0.25) is 5.91 Å². The van der Waals surface area contributed by atoms with E-state index in [-0.39, 0.29) is 23.0 Å². The quantitative estimate of drug-likeness (QED) is 0.905. The standard InChI is InChI=1S/C12H9Cl2N3O2S/c13-7-1-2-8(9(14)5-7)11(19)16-6-10(18)17-12-15-3-4-20-12/h1-5H,6H2,(H,16,19)(H,15,17,18). The van der Waals surface area contributed by atoms with E-state index in [1.54, 1.807) is 17.6 Å². The Morgan fingerprint density at radius 3 is 2.75 bits per heavy atom. The van der Waals surface area contributed by atoms with Gasteiger partial charge in [-0.25, -0.2) is 4.98 Å². The molecule has 1 heterocycles. The summed E-state index contributed by atoms with van der Waals surface area (Å²) in [5.41, 5.74) is 0.262. The van der Waals surface area contributed by atoms with Crippen molar-refractivity contribution in [3.8, 4) is 0 Å². The molecule has 0 aliphatic carbocycles. The van der Waals surface area contributed by atoms with Crippen LogP contribution in [0.5, 0.6) is 0 Å². The number of rotatable bonds is 4. The molecule has 104 valence electrons. The Morgan fingerprint density at radius 2 is 2.10 bits per heavy atom. The van der Waals surface area contributed by atoms with E-state index in [4.69, 9.17) is 23.2 Å². The van der Waals surface area contributed by atoms with E-state index in [9.17, 15) is 9.59 Å². The Bertz CT molecular complexity index is 632. The van der Waals surface area contributed by atoms with Crippen LogP contribution in [0.25, 0.3) is 0 Å². The molecule has 2 aromatic rings. The van der Waals surface area contributed by atoms with E-state index in [1.165, 1.54) is 23.5 Å². The van der Waals surface area contributed by atoms with Gasteiger partial charge in [-0.3, -0.25) is 9.59 Å². The van der Waals surface area contributed by atoms with Gasteiger partial charge in [-0.2, -0.15) is 0 Å². The van der Waals surface area contributed by atoms with Gasteiger partial charge in [-0.15, -0.1) is 11.3 Å². The van der Waals surface area contributed by atoms with E-state index in [2.05, 4.69) is 15.6 Å².